The molecule has 0 aliphatic carbocycles. The van der Waals surface area contributed by atoms with Crippen LogP contribution in [0.4, 0.5) is 10.6 Å². The Hall–Kier alpha value is -3.51. The lowest BCUT2D eigenvalue weighted by molar-refractivity contribution is -0.0769. The summed E-state index contributed by atoms with van der Waals surface area (Å²) in [6.45, 7) is -0.228. The standard InChI is InChI=1S/C16H14N4O8/c21-14(8-1-4-17-5-2-8)25-7-9-11-12(28-16(23)27-11)13(26-9)20-6-3-10(19-24)18-15(20)22/h1-6,9,11-13,24H,7H2,(H,18,19,22)/t9-,11-,12-,13-/m1/s1. The van der Waals surface area contributed by atoms with E-state index in [0.717, 1.165) is 4.57 Å². The molecule has 0 aromatic carbocycles. The summed E-state index contributed by atoms with van der Waals surface area (Å²) in [6.07, 6.45) is -0.383. The molecule has 28 heavy (non-hydrogen) atoms. The van der Waals surface area contributed by atoms with Crippen LogP contribution in [0.5, 0.6) is 0 Å². The van der Waals surface area contributed by atoms with E-state index < -0.39 is 42.4 Å². The molecule has 0 radical (unpaired) electrons. The number of rotatable bonds is 5. The van der Waals surface area contributed by atoms with Crippen LogP contribution >= 0.6 is 0 Å². The third-order valence-electron chi connectivity index (χ3n) is 4.26. The second kappa shape index (κ2) is 7.25. The lowest BCUT2D eigenvalue weighted by atomic mass is 10.1. The highest BCUT2D eigenvalue weighted by molar-refractivity contribution is 5.89. The molecule has 0 saturated carbocycles. The van der Waals surface area contributed by atoms with Gasteiger partial charge < -0.3 is 18.9 Å². The van der Waals surface area contributed by atoms with Gasteiger partial charge in [0, 0.05) is 18.6 Å². The van der Waals surface area contributed by atoms with Crippen molar-refractivity contribution in [3.63, 3.8) is 0 Å². The summed E-state index contributed by atoms with van der Waals surface area (Å²) in [6, 6.07) is 4.31. The van der Waals surface area contributed by atoms with Crippen molar-refractivity contribution in [2.24, 2.45) is 0 Å². The van der Waals surface area contributed by atoms with Crippen molar-refractivity contribution < 1.29 is 33.7 Å². The van der Waals surface area contributed by atoms with Gasteiger partial charge >= 0.3 is 17.8 Å². The summed E-state index contributed by atoms with van der Waals surface area (Å²) in [4.78, 5) is 43.2. The number of carbonyl (C=O) groups is 2. The normalized spacial score (nSPS) is 25.5. The molecule has 0 unspecified atom stereocenters. The predicted octanol–water partition coefficient (Wildman–Crippen LogP) is 0.0978. The second-order valence-corrected chi connectivity index (χ2v) is 5.93. The van der Waals surface area contributed by atoms with Gasteiger partial charge in [-0.1, -0.05) is 0 Å². The van der Waals surface area contributed by atoms with Crippen molar-refractivity contribution >= 4 is 17.9 Å². The molecule has 0 spiro atoms. The maximum absolute atomic E-state index is 12.2. The topological polar surface area (TPSA) is 151 Å². The van der Waals surface area contributed by atoms with Crippen LogP contribution < -0.4 is 11.2 Å². The number of anilines is 1. The molecular weight excluding hydrogens is 376 g/mol. The average Bonchev–Trinajstić information content (AvgIpc) is 3.24. The molecule has 2 saturated heterocycles. The number of nitrogens with one attached hydrogen (secondary N) is 1. The first-order valence-corrected chi connectivity index (χ1v) is 8.16. The number of nitrogens with zero attached hydrogens (tertiary/aromatic N) is 3. The Labute approximate surface area is 156 Å². The first-order valence-electron chi connectivity index (χ1n) is 8.16. The van der Waals surface area contributed by atoms with Crippen LogP contribution in [0.15, 0.2) is 41.6 Å². The highest BCUT2D eigenvalue weighted by atomic mass is 16.8. The minimum atomic E-state index is -1.03. The molecule has 146 valence electrons. The molecule has 2 N–H and O–H groups in total. The van der Waals surface area contributed by atoms with Gasteiger partial charge in [-0.3, -0.25) is 20.2 Å². The summed E-state index contributed by atoms with van der Waals surface area (Å²) >= 11 is 0. The minimum Gasteiger partial charge on any atom is -0.459 e. The van der Waals surface area contributed by atoms with Crippen LogP contribution in [0.1, 0.15) is 16.6 Å². The van der Waals surface area contributed by atoms with Gasteiger partial charge in [-0.2, -0.15) is 4.98 Å². The van der Waals surface area contributed by atoms with Gasteiger partial charge in [0.15, 0.2) is 24.3 Å². The van der Waals surface area contributed by atoms with E-state index in [4.69, 9.17) is 24.2 Å². The Kier molecular flexibility index (Phi) is 4.63. The predicted molar refractivity (Wildman–Crippen MR) is 87.5 cm³/mol. The van der Waals surface area contributed by atoms with E-state index in [0.29, 0.717) is 5.56 Å². The van der Waals surface area contributed by atoms with E-state index >= 15 is 0 Å². The van der Waals surface area contributed by atoms with Crippen molar-refractivity contribution in [3.8, 4) is 0 Å². The summed E-state index contributed by atoms with van der Waals surface area (Å²) in [5.41, 5.74) is 1.31. The lowest BCUT2D eigenvalue weighted by Crippen LogP contribution is -2.34. The Morgan fingerprint density at radius 3 is 2.68 bits per heavy atom. The Morgan fingerprint density at radius 1 is 1.21 bits per heavy atom. The monoisotopic (exact) mass is 390 g/mol. The highest BCUT2D eigenvalue weighted by Crippen LogP contribution is 2.37. The van der Waals surface area contributed by atoms with E-state index in [9.17, 15) is 14.4 Å². The number of carbonyl (C=O) groups excluding carboxylic acids is 2. The zero-order valence-corrected chi connectivity index (χ0v) is 14.1. The summed E-state index contributed by atoms with van der Waals surface area (Å²) in [5.74, 6) is -0.660. The van der Waals surface area contributed by atoms with Crippen molar-refractivity contribution in [2.45, 2.75) is 24.5 Å². The number of ether oxygens (including phenoxy) is 4. The van der Waals surface area contributed by atoms with Gasteiger partial charge in [-0.15, -0.1) is 0 Å². The van der Waals surface area contributed by atoms with Crippen molar-refractivity contribution in [3.05, 3.63) is 52.8 Å². The average molecular weight is 390 g/mol. The smallest absolute Gasteiger partial charge is 0.459 e. The molecule has 0 amide bonds. The van der Waals surface area contributed by atoms with Gasteiger partial charge in [0.2, 0.25) is 0 Å². The molecule has 12 heteroatoms. The van der Waals surface area contributed by atoms with Gasteiger partial charge in [0.1, 0.15) is 12.7 Å². The molecule has 2 fully saturated rings. The molecule has 0 bridgehead atoms. The Bertz CT molecular complexity index is 949. The van der Waals surface area contributed by atoms with Crippen molar-refractivity contribution in [1.82, 2.24) is 14.5 Å². The largest absolute Gasteiger partial charge is 0.509 e. The molecule has 2 aromatic heterocycles. The molecule has 2 aliphatic heterocycles. The van der Waals surface area contributed by atoms with E-state index in [2.05, 4.69) is 9.97 Å². The van der Waals surface area contributed by atoms with E-state index in [1.807, 2.05) is 0 Å². The third kappa shape index (κ3) is 3.25. The highest BCUT2D eigenvalue weighted by Gasteiger charge is 2.55. The van der Waals surface area contributed by atoms with Crippen LogP contribution in [0, 0.1) is 0 Å². The second-order valence-electron chi connectivity index (χ2n) is 5.93. The fourth-order valence-electron chi connectivity index (χ4n) is 2.98. The zero-order chi connectivity index (χ0) is 19.7. The van der Waals surface area contributed by atoms with Gasteiger partial charge in [0.05, 0.1) is 5.56 Å². The molecular formula is C16H14N4O8. The maximum atomic E-state index is 12.2. The minimum absolute atomic E-state index is 0.0571. The van der Waals surface area contributed by atoms with Crippen LogP contribution in [-0.2, 0) is 18.9 Å². The molecule has 4 atom stereocenters. The number of fused-ring (bicyclic) bond motifs is 1. The van der Waals surface area contributed by atoms with Gasteiger partial charge in [0.25, 0.3) is 0 Å². The summed E-state index contributed by atoms with van der Waals surface area (Å²) in [7, 11) is 0. The number of aromatic nitrogens is 3. The number of pyridine rings is 1. The van der Waals surface area contributed by atoms with Crippen LogP contribution in [0.3, 0.4) is 0 Å². The SMILES string of the molecule is O=C1O[C@@H]2[C@H](O1)[C@@H](COC(=O)c1ccncc1)O[C@H]2n1ccc(NO)nc1=O. The van der Waals surface area contributed by atoms with E-state index in [1.165, 1.54) is 36.8 Å². The van der Waals surface area contributed by atoms with E-state index in [-0.39, 0.29) is 12.4 Å². The van der Waals surface area contributed by atoms with Gasteiger partial charge in [-0.25, -0.2) is 14.4 Å². The first kappa shape index (κ1) is 17.9. The van der Waals surface area contributed by atoms with Crippen molar-refractivity contribution in [1.29, 1.82) is 0 Å². The summed E-state index contributed by atoms with van der Waals surface area (Å²) < 4.78 is 22.3. The Balaban J connectivity index is 1.51. The first-order chi connectivity index (χ1) is 13.6. The van der Waals surface area contributed by atoms with E-state index in [1.54, 1.807) is 5.48 Å². The molecule has 4 heterocycles. The summed E-state index contributed by atoms with van der Waals surface area (Å²) in [5, 5.41) is 8.83. The number of esters is 1. The Morgan fingerprint density at radius 2 is 1.96 bits per heavy atom. The number of hydrogen-bond donors (Lipinski definition) is 2. The number of hydrogen-bond acceptors (Lipinski definition) is 11. The molecule has 2 aliphatic rings. The lowest BCUT2D eigenvalue weighted by Gasteiger charge is -2.18. The molecule has 4 rings (SSSR count). The third-order valence-corrected chi connectivity index (χ3v) is 4.26. The maximum Gasteiger partial charge on any atom is 0.509 e. The quantitative estimate of drug-likeness (QED) is 0.528. The molecule has 2 aromatic rings. The zero-order valence-electron chi connectivity index (χ0n) is 14.1. The van der Waals surface area contributed by atoms with Crippen LogP contribution in [0.25, 0.3) is 0 Å². The fraction of sp³-hybridized carbons (Fsp3) is 0.312. The molecule has 12 nitrogen and oxygen atoms in total. The van der Waals surface area contributed by atoms with Crippen molar-refractivity contribution in [2.75, 3.05) is 12.1 Å². The van der Waals surface area contributed by atoms with Crippen LogP contribution in [-0.4, -0.2) is 56.8 Å². The van der Waals surface area contributed by atoms with Gasteiger partial charge in [-0.05, 0) is 18.2 Å². The van der Waals surface area contributed by atoms with Crippen LogP contribution in [0.2, 0.25) is 0 Å². The fourth-order valence-corrected chi connectivity index (χ4v) is 2.98.